The first-order chi connectivity index (χ1) is 9.02. The van der Waals surface area contributed by atoms with Crippen molar-refractivity contribution in [3.63, 3.8) is 0 Å². The second-order valence-electron chi connectivity index (χ2n) is 7.34. The quantitative estimate of drug-likeness (QED) is 0.590. The largest absolute Gasteiger partial charge is 0.468 e. The molecule has 2 aliphatic rings. The predicted molar refractivity (Wildman–Crippen MR) is 76.3 cm³/mol. The van der Waals surface area contributed by atoms with E-state index in [0.717, 1.165) is 0 Å². The molecule has 1 aliphatic heterocycles. The summed E-state index contributed by atoms with van der Waals surface area (Å²) in [5.41, 5.74) is -1.24. The van der Waals surface area contributed by atoms with Crippen molar-refractivity contribution in [3.8, 4) is 0 Å². The van der Waals surface area contributed by atoms with Crippen LogP contribution in [-0.2, 0) is 19.0 Å². The van der Waals surface area contributed by atoms with Crippen molar-refractivity contribution in [1.29, 1.82) is 0 Å². The Labute approximate surface area is 121 Å². The van der Waals surface area contributed by atoms with E-state index in [1.807, 2.05) is 26.0 Å². The van der Waals surface area contributed by atoms with Crippen LogP contribution in [0.5, 0.6) is 0 Å². The Hall–Kier alpha value is -0.870. The van der Waals surface area contributed by atoms with Crippen LogP contribution in [0.4, 0.5) is 0 Å². The second-order valence-corrected chi connectivity index (χ2v) is 7.34. The Kier molecular flexibility index (Phi) is 3.54. The third-order valence-electron chi connectivity index (χ3n) is 4.70. The van der Waals surface area contributed by atoms with Crippen LogP contribution in [0.2, 0.25) is 0 Å². The minimum absolute atomic E-state index is 0.0997. The first-order valence-corrected chi connectivity index (χ1v) is 7.15. The van der Waals surface area contributed by atoms with Crippen LogP contribution in [0.1, 0.15) is 41.5 Å². The minimum Gasteiger partial charge on any atom is -0.468 e. The highest BCUT2D eigenvalue weighted by Gasteiger charge is 2.62. The molecule has 0 aromatic rings. The lowest BCUT2D eigenvalue weighted by atomic mass is 9.88. The van der Waals surface area contributed by atoms with E-state index < -0.39 is 5.41 Å². The predicted octanol–water partition coefficient (Wildman–Crippen LogP) is 2.71. The summed E-state index contributed by atoms with van der Waals surface area (Å²) in [4.78, 5) is 11.7. The molecule has 0 spiro atoms. The van der Waals surface area contributed by atoms with Crippen LogP contribution in [-0.4, -0.2) is 36.5 Å². The van der Waals surface area contributed by atoms with Gasteiger partial charge in [-0.25, -0.2) is 0 Å². The zero-order chi connectivity index (χ0) is 15.3. The average molecular weight is 282 g/mol. The van der Waals surface area contributed by atoms with Crippen molar-refractivity contribution in [1.82, 2.24) is 0 Å². The lowest BCUT2D eigenvalue weighted by Gasteiger charge is -2.44. The summed E-state index contributed by atoms with van der Waals surface area (Å²) < 4.78 is 17.1. The fourth-order valence-electron chi connectivity index (χ4n) is 2.43. The van der Waals surface area contributed by atoms with E-state index in [1.165, 1.54) is 7.11 Å². The summed E-state index contributed by atoms with van der Waals surface area (Å²) in [6.45, 7) is 11.9. The normalized spacial score (nSPS) is 34.6. The fraction of sp³-hybridized carbons (Fsp3) is 0.812. The van der Waals surface area contributed by atoms with Gasteiger partial charge < -0.3 is 14.2 Å². The maximum atomic E-state index is 11.7. The Balaban J connectivity index is 2.04. The summed E-state index contributed by atoms with van der Waals surface area (Å²) >= 11 is 0. The smallest absolute Gasteiger partial charge is 0.315 e. The third kappa shape index (κ3) is 2.51. The minimum atomic E-state index is -0.620. The average Bonchev–Trinajstić information content (AvgIpc) is 2.95. The zero-order valence-corrected chi connectivity index (χ0v) is 13.5. The van der Waals surface area contributed by atoms with Gasteiger partial charge in [0.2, 0.25) is 0 Å². The highest BCUT2D eigenvalue weighted by Crippen LogP contribution is 2.51. The van der Waals surface area contributed by atoms with Gasteiger partial charge in [-0.05, 0) is 41.5 Å². The van der Waals surface area contributed by atoms with Gasteiger partial charge in [-0.15, -0.1) is 0 Å². The lowest BCUT2D eigenvalue weighted by Crippen LogP contribution is -2.53. The second kappa shape index (κ2) is 4.57. The molecule has 1 aliphatic carbocycles. The summed E-state index contributed by atoms with van der Waals surface area (Å²) in [5, 5.41) is 0. The summed E-state index contributed by atoms with van der Waals surface area (Å²) in [6, 6.07) is 0. The molecule has 2 unspecified atom stereocenters. The molecule has 0 aromatic carbocycles. The molecule has 0 bridgehead atoms. The molecule has 1 heterocycles. The van der Waals surface area contributed by atoms with Crippen LogP contribution >= 0.6 is 0 Å². The summed E-state index contributed by atoms with van der Waals surface area (Å²) in [5.74, 6) is -0.0140. The Morgan fingerprint density at radius 2 is 1.55 bits per heavy atom. The molecule has 0 N–H and O–H groups in total. The van der Waals surface area contributed by atoms with E-state index in [4.69, 9.17) is 14.2 Å². The van der Waals surface area contributed by atoms with Gasteiger partial charge in [0.1, 0.15) is 0 Å². The first kappa shape index (κ1) is 15.5. The Morgan fingerprint density at radius 1 is 1.10 bits per heavy atom. The number of fused-ring (bicyclic) bond motifs is 1. The van der Waals surface area contributed by atoms with Crippen molar-refractivity contribution in [3.05, 3.63) is 12.2 Å². The number of esters is 1. The number of hydrogen-bond donors (Lipinski definition) is 0. The van der Waals surface area contributed by atoms with Crippen LogP contribution in [0, 0.1) is 11.3 Å². The maximum Gasteiger partial charge on any atom is 0.315 e. The van der Waals surface area contributed by atoms with Gasteiger partial charge >= 0.3 is 5.97 Å². The molecule has 2 rings (SSSR count). The van der Waals surface area contributed by atoms with Crippen LogP contribution < -0.4 is 0 Å². The van der Waals surface area contributed by atoms with E-state index >= 15 is 0 Å². The van der Waals surface area contributed by atoms with Crippen LogP contribution in [0.15, 0.2) is 12.2 Å². The lowest BCUT2D eigenvalue weighted by molar-refractivity contribution is -0.233. The van der Waals surface area contributed by atoms with Gasteiger partial charge in [0.25, 0.3) is 0 Å². The molecule has 4 nitrogen and oxygen atoms in total. The van der Waals surface area contributed by atoms with E-state index in [0.29, 0.717) is 0 Å². The van der Waals surface area contributed by atoms with E-state index in [2.05, 4.69) is 27.7 Å². The van der Waals surface area contributed by atoms with Crippen LogP contribution in [0.3, 0.4) is 0 Å². The number of rotatable bonds is 3. The summed E-state index contributed by atoms with van der Waals surface area (Å²) in [6.07, 6.45) is 4.13. The fourth-order valence-corrected chi connectivity index (χ4v) is 2.43. The molecule has 20 heavy (non-hydrogen) atoms. The maximum absolute atomic E-state index is 11.7. The van der Waals surface area contributed by atoms with E-state index in [9.17, 15) is 4.79 Å². The number of carbonyl (C=O) groups is 1. The zero-order valence-electron chi connectivity index (χ0n) is 13.5. The van der Waals surface area contributed by atoms with Gasteiger partial charge in [0.15, 0.2) is 0 Å². The topological polar surface area (TPSA) is 44.8 Å². The molecular formula is C16H26O4. The Morgan fingerprint density at radius 3 is 1.95 bits per heavy atom. The number of ether oxygens (including phenoxy) is 3. The first-order valence-electron chi connectivity index (χ1n) is 7.15. The molecule has 0 amide bonds. The van der Waals surface area contributed by atoms with Gasteiger partial charge in [-0.3, -0.25) is 4.79 Å². The van der Waals surface area contributed by atoms with Gasteiger partial charge in [-0.1, -0.05) is 12.2 Å². The van der Waals surface area contributed by atoms with Crippen molar-refractivity contribution in [2.45, 2.75) is 65.0 Å². The van der Waals surface area contributed by atoms with Crippen molar-refractivity contribution in [2.24, 2.45) is 11.3 Å². The molecule has 4 heteroatoms. The number of methoxy groups -OCH3 is 1. The van der Waals surface area contributed by atoms with Gasteiger partial charge in [0, 0.05) is 5.92 Å². The SMILES string of the molecule is COC(=O)C(C)(C)/C=C/C1C2OC(C)(C)C(C)(C)OC12. The van der Waals surface area contributed by atoms with Crippen LogP contribution in [0.25, 0.3) is 0 Å². The molecular weight excluding hydrogens is 256 g/mol. The highest BCUT2D eigenvalue weighted by molar-refractivity contribution is 5.78. The molecule has 0 aromatic heterocycles. The van der Waals surface area contributed by atoms with E-state index in [-0.39, 0.29) is 35.3 Å². The highest BCUT2D eigenvalue weighted by atomic mass is 16.6. The number of carbonyl (C=O) groups excluding carboxylic acids is 1. The van der Waals surface area contributed by atoms with Crippen molar-refractivity contribution < 1.29 is 19.0 Å². The molecule has 1 saturated carbocycles. The number of hydrogen-bond acceptors (Lipinski definition) is 4. The van der Waals surface area contributed by atoms with Crippen molar-refractivity contribution in [2.75, 3.05) is 7.11 Å². The van der Waals surface area contributed by atoms with Gasteiger partial charge in [-0.2, -0.15) is 0 Å². The summed E-state index contributed by atoms with van der Waals surface area (Å²) in [7, 11) is 1.41. The Bertz CT molecular complexity index is 412. The third-order valence-corrected chi connectivity index (χ3v) is 4.70. The van der Waals surface area contributed by atoms with Crippen molar-refractivity contribution >= 4 is 5.97 Å². The molecule has 2 fully saturated rings. The molecule has 0 radical (unpaired) electrons. The monoisotopic (exact) mass is 282 g/mol. The molecule has 2 atom stereocenters. The van der Waals surface area contributed by atoms with E-state index in [1.54, 1.807) is 0 Å². The standard InChI is InChI=1S/C16H26O4/c1-14(2,13(17)18-7)9-8-10-11-12(10)20-16(5,6)15(3,4)19-11/h8-12H,1-7H3/b9-8+. The molecule has 114 valence electrons. The molecule has 1 saturated heterocycles. The van der Waals surface area contributed by atoms with Gasteiger partial charge in [0.05, 0.1) is 35.9 Å².